The zero-order valence-corrected chi connectivity index (χ0v) is 9.15. The van der Waals surface area contributed by atoms with E-state index in [1.165, 1.54) is 0 Å². The van der Waals surface area contributed by atoms with Crippen LogP contribution >= 0.6 is 0 Å². The number of nitrogens with zero attached hydrogens (tertiary/aromatic N) is 2. The minimum Gasteiger partial charge on any atom is -0.378 e. The third kappa shape index (κ3) is 2.65. The van der Waals surface area contributed by atoms with Gasteiger partial charge < -0.3 is 15.0 Å². The number of pyridine rings is 1. The highest BCUT2D eigenvalue weighted by Gasteiger charge is 2.11. The van der Waals surface area contributed by atoms with Gasteiger partial charge in [-0.15, -0.1) is 6.42 Å². The average molecular weight is 217 g/mol. The van der Waals surface area contributed by atoms with E-state index in [0.717, 1.165) is 37.8 Å². The summed E-state index contributed by atoms with van der Waals surface area (Å²) in [6, 6.07) is 4.00. The average Bonchev–Trinajstić information content (AvgIpc) is 2.38. The number of nitrogens with one attached hydrogen (secondary N) is 1. The van der Waals surface area contributed by atoms with Gasteiger partial charge in [0.2, 0.25) is 0 Å². The molecule has 1 aromatic heterocycles. The molecule has 1 aliphatic rings. The molecule has 0 aromatic carbocycles. The van der Waals surface area contributed by atoms with Gasteiger partial charge in [0, 0.05) is 13.1 Å². The van der Waals surface area contributed by atoms with Gasteiger partial charge in [-0.2, -0.15) is 0 Å². The van der Waals surface area contributed by atoms with Gasteiger partial charge in [0.25, 0.3) is 0 Å². The second-order valence-corrected chi connectivity index (χ2v) is 3.56. The molecule has 1 aromatic rings. The van der Waals surface area contributed by atoms with Crippen LogP contribution in [0.25, 0.3) is 0 Å². The Hall–Kier alpha value is -1.73. The molecule has 4 heteroatoms. The lowest BCUT2D eigenvalue weighted by atomic mass is 10.3. The van der Waals surface area contributed by atoms with Crippen LogP contribution in [0.5, 0.6) is 0 Å². The third-order valence-electron chi connectivity index (χ3n) is 2.48. The van der Waals surface area contributed by atoms with Gasteiger partial charge in [0.1, 0.15) is 5.82 Å². The van der Waals surface area contributed by atoms with Gasteiger partial charge in [-0.1, -0.05) is 5.92 Å². The maximum Gasteiger partial charge on any atom is 0.128 e. The van der Waals surface area contributed by atoms with Crippen LogP contribution in [0.1, 0.15) is 0 Å². The van der Waals surface area contributed by atoms with Crippen molar-refractivity contribution in [2.24, 2.45) is 0 Å². The molecule has 2 heterocycles. The Labute approximate surface area is 95.6 Å². The van der Waals surface area contributed by atoms with E-state index in [1.807, 2.05) is 18.3 Å². The fourth-order valence-corrected chi connectivity index (χ4v) is 1.62. The van der Waals surface area contributed by atoms with Crippen molar-refractivity contribution in [2.45, 2.75) is 0 Å². The van der Waals surface area contributed by atoms with E-state index in [1.54, 1.807) is 0 Å². The van der Waals surface area contributed by atoms with Crippen LogP contribution in [0.3, 0.4) is 0 Å². The van der Waals surface area contributed by atoms with E-state index < -0.39 is 0 Å². The molecule has 0 aliphatic carbocycles. The first-order valence-corrected chi connectivity index (χ1v) is 5.36. The molecular formula is C12H15N3O. The van der Waals surface area contributed by atoms with Gasteiger partial charge in [-0.3, -0.25) is 0 Å². The second kappa shape index (κ2) is 5.38. The normalized spacial score (nSPS) is 15.6. The fourth-order valence-electron chi connectivity index (χ4n) is 1.62. The van der Waals surface area contributed by atoms with E-state index in [-0.39, 0.29) is 0 Å². The third-order valence-corrected chi connectivity index (χ3v) is 2.48. The first-order valence-electron chi connectivity index (χ1n) is 5.36. The molecular weight excluding hydrogens is 202 g/mol. The zero-order chi connectivity index (χ0) is 11.2. The highest BCUT2D eigenvalue weighted by atomic mass is 16.5. The lowest BCUT2D eigenvalue weighted by Gasteiger charge is -2.27. The maximum atomic E-state index is 5.29. The van der Waals surface area contributed by atoms with Crippen LogP contribution in [0, 0.1) is 12.3 Å². The highest BCUT2D eigenvalue weighted by Crippen LogP contribution is 2.14. The quantitative estimate of drug-likeness (QED) is 0.765. The Morgan fingerprint density at radius 3 is 2.88 bits per heavy atom. The van der Waals surface area contributed by atoms with E-state index in [2.05, 4.69) is 21.1 Å². The van der Waals surface area contributed by atoms with Crippen molar-refractivity contribution in [3.05, 3.63) is 18.3 Å². The summed E-state index contributed by atoms with van der Waals surface area (Å²) < 4.78 is 5.29. The number of anilines is 2. The highest BCUT2D eigenvalue weighted by molar-refractivity contribution is 5.49. The molecule has 0 atom stereocenters. The van der Waals surface area contributed by atoms with Gasteiger partial charge in [-0.25, -0.2) is 4.98 Å². The van der Waals surface area contributed by atoms with Crippen LogP contribution in [-0.2, 0) is 4.74 Å². The molecule has 84 valence electrons. The van der Waals surface area contributed by atoms with Crippen molar-refractivity contribution in [3.8, 4) is 12.3 Å². The largest absolute Gasteiger partial charge is 0.378 e. The summed E-state index contributed by atoms with van der Waals surface area (Å²) >= 11 is 0. The molecule has 1 fully saturated rings. The Morgan fingerprint density at radius 2 is 2.25 bits per heavy atom. The number of rotatable bonds is 3. The Bertz CT molecular complexity index is 363. The smallest absolute Gasteiger partial charge is 0.128 e. The van der Waals surface area contributed by atoms with Crippen LogP contribution in [0.4, 0.5) is 11.5 Å². The minimum absolute atomic E-state index is 0.526. The number of terminal acetylenes is 1. The molecule has 0 bridgehead atoms. The van der Waals surface area contributed by atoms with Gasteiger partial charge in [-0.05, 0) is 12.1 Å². The van der Waals surface area contributed by atoms with Crippen molar-refractivity contribution in [1.29, 1.82) is 0 Å². The van der Waals surface area contributed by atoms with Crippen LogP contribution < -0.4 is 10.2 Å². The molecule has 0 saturated carbocycles. The van der Waals surface area contributed by atoms with E-state index in [0.29, 0.717) is 6.54 Å². The number of hydrogen-bond acceptors (Lipinski definition) is 4. The first kappa shape index (κ1) is 10.8. The zero-order valence-electron chi connectivity index (χ0n) is 9.15. The summed E-state index contributed by atoms with van der Waals surface area (Å²) in [5.41, 5.74) is 0.954. The maximum absolute atomic E-state index is 5.29. The van der Waals surface area contributed by atoms with Gasteiger partial charge >= 0.3 is 0 Å². The summed E-state index contributed by atoms with van der Waals surface area (Å²) in [5.74, 6) is 3.52. The number of ether oxygens (including phenoxy) is 1. The lowest BCUT2D eigenvalue weighted by molar-refractivity contribution is 0.122. The topological polar surface area (TPSA) is 37.4 Å². The number of morpholine rings is 1. The molecule has 2 rings (SSSR count). The molecule has 1 saturated heterocycles. The molecule has 0 unspecified atom stereocenters. The predicted octanol–water partition coefficient (Wildman–Crippen LogP) is 0.963. The fraction of sp³-hybridized carbons (Fsp3) is 0.417. The lowest BCUT2D eigenvalue weighted by Crippen LogP contribution is -2.36. The SMILES string of the molecule is C#CCNc1ccc(N2CCOCC2)nc1. The summed E-state index contributed by atoms with van der Waals surface area (Å²) in [7, 11) is 0. The summed E-state index contributed by atoms with van der Waals surface area (Å²) in [5, 5.41) is 3.08. The van der Waals surface area contributed by atoms with Crippen LogP contribution in [0.2, 0.25) is 0 Å². The Kier molecular flexibility index (Phi) is 3.62. The Morgan fingerprint density at radius 1 is 1.44 bits per heavy atom. The van der Waals surface area contributed by atoms with Gasteiger partial charge in [0.05, 0.1) is 31.6 Å². The molecule has 1 aliphatic heterocycles. The van der Waals surface area contributed by atoms with Crippen LogP contribution in [0.15, 0.2) is 18.3 Å². The summed E-state index contributed by atoms with van der Waals surface area (Å²) in [6.07, 6.45) is 6.98. The van der Waals surface area contributed by atoms with Crippen molar-refractivity contribution >= 4 is 11.5 Å². The van der Waals surface area contributed by atoms with E-state index in [4.69, 9.17) is 11.2 Å². The summed E-state index contributed by atoms with van der Waals surface area (Å²) in [4.78, 5) is 6.61. The van der Waals surface area contributed by atoms with Gasteiger partial charge in [0.15, 0.2) is 0 Å². The Balaban J connectivity index is 1.98. The standard InChI is InChI=1S/C12H15N3O/c1-2-5-13-11-3-4-12(14-10-11)15-6-8-16-9-7-15/h1,3-4,10,13H,5-9H2. The van der Waals surface area contributed by atoms with E-state index in [9.17, 15) is 0 Å². The molecule has 4 nitrogen and oxygen atoms in total. The van der Waals surface area contributed by atoms with Crippen LogP contribution in [-0.4, -0.2) is 37.8 Å². The monoisotopic (exact) mass is 217 g/mol. The number of hydrogen-bond donors (Lipinski definition) is 1. The van der Waals surface area contributed by atoms with Crippen molar-refractivity contribution in [3.63, 3.8) is 0 Å². The predicted molar refractivity (Wildman–Crippen MR) is 64.6 cm³/mol. The number of aromatic nitrogens is 1. The summed E-state index contributed by atoms with van der Waals surface area (Å²) in [6.45, 7) is 3.89. The molecule has 1 N–H and O–H groups in total. The second-order valence-electron chi connectivity index (χ2n) is 3.56. The van der Waals surface area contributed by atoms with Crippen molar-refractivity contribution in [1.82, 2.24) is 4.98 Å². The molecule has 0 amide bonds. The minimum atomic E-state index is 0.526. The van der Waals surface area contributed by atoms with Crippen molar-refractivity contribution in [2.75, 3.05) is 43.1 Å². The van der Waals surface area contributed by atoms with Crippen molar-refractivity contribution < 1.29 is 4.74 Å². The molecule has 0 radical (unpaired) electrons. The molecule has 16 heavy (non-hydrogen) atoms. The first-order chi connectivity index (χ1) is 7.90. The molecule has 0 spiro atoms. The van der Waals surface area contributed by atoms with E-state index >= 15 is 0 Å².